The third kappa shape index (κ3) is 3.56. The van der Waals surface area contributed by atoms with Crippen molar-refractivity contribution in [3.05, 3.63) is 6.33 Å². The average Bonchev–Trinajstić information content (AvgIpc) is 2.97. The molecule has 1 aromatic heterocycles. The van der Waals surface area contributed by atoms with Gasteiger partial charge in [-0.05, 0) is 25.9 Å². The predicted molar refractivity (Wildman–Crippen MR) is 85.8 cm³/mol. The van der Waals surface area contributed by atoms with E-state index in [0.717, 1.165) is 44.8 Å². The van der Waals surface area contributed by atoms with Crippen LogP contribution in [-0.4, -0.2) is 53.7 Å². The Morgan fingerprint density at radius 2 is 2.10 bits per heavy atom. The molecule has 0 aromatic carbocycles. The van der Waals surface area contributed by atoms with Crippen LogP contribution in [0.1, 0.15) is 33.6 Å². The van der Waals surface area contributed by atoms with E-state index >= 15 is 0 Å². The molecule has 1 aliphatic heterocycles. The Bertz CT molecular complexity index is 450. The zero-order valence-corrected chi connectivity index (χ0v) is 13.4. The van der Waals surface area contributed by atoms with Crippen LogP contribution in [0.3, 0.4) is 0 Å². The topological polar surface area (TPSA) is 67.5 Å². The van der Waals surface area contributed by atoms with Crippen molar-refractivity contribution in [2.24, 2.45) is 0 Å². The number of ether oxygens (including phenoxy) is 1. The summed E-state index contributed by atoms with van der Waals surface area (Å²) >= 11 is 0. The first-order chi connectivity index (χ1) is 10.2. The minimum atomic E-state index is 0.508. The largest absolute Gasteiger partial charge is 0.476 e. The third-order valence-electron chi connectivity index (χ3n) is 4.06. The SMILES string of the molecule is CCCOc1ncnc(N2CCC(N(CC)CC)C2)c1N. The van der Waals surface area contributed by atoms with Crippen LogP contribution in [0.2, 0.25) is 0 Å². The number of hydrogen-bond acceptors (Lipinski definition) is 6. The number of hydrogen-bond donors (Lipinski definition) is 1. The maximum atomic E-state index is 6.19. The van der Waals surface area contributed by atoms with Gasteiger partial charge in [-0.1, -0.05) is 20.8 Å². The summed E-state index contributed by atoms with van der Waals surface area (Å²) in [6, 6.07) is 0.578. The van der Waals surface area contributed by atoms with Gasteiger partial charge in [0.2, 0.25) is 5.88 Å². The molecule has 1 saturated heterocycles. The fourth-order valence-corrected chi connectivity index (χ4v) is 2.91. The minimum absolute atomic E-state index is 0.508. The number of nitrogen functional groups attached to an aromatic ring is 1. The molecule has 0 saturated carbocycles. The van der Waals surface area contributed by atoms with Crippen LogP contribution < -0.4 is 15.4 Å². The smallest absolute Gasteiger partial charge is 0.242 e. The molecule has 2 rings (SSSR count). The second-order valence-corrected chi connectivity index (χ2v) is 5.37. The van der Waals surface area contributed by atoms with Crippen molar-refractivity contribution in [2.75, 3.05) is 43.4 Å². The van der Waals surface area contributed by atoms with Gasteiger partial charge in [0.25, 0.3) is 0 Å². The standard InChI is InChI=1S/C15H27N5O/c1-4-9-21-15-13(16)14(17-11-18-15)20-8-7-12(10-20)19(5-2)6-3/h11-12H,4-10,16H2,1-3H3. The van der Waals surface area contributed by atoms with Crippen molar-refractivity contribution in [2.45, 2.75) is 39.7 Å². The molecule has 0 radical (unpaired) electrons. The van der Waals surface area contributed by atoms with Crippen molar-refractivity contribution in [3.63, 3.8) is 0 Å². The Morgan fingerprint density at radius 3 is 2.76 bits per heavy atom. The van der Waals surface area contributed by atoms with Crippen LogP contribution in [0.4, 0.5) is 11.5 Å². The molecule has 0 amide bonds. The Kier molecular flexibility index (Phi) is 5.61. The van der Waals surface area contributed by atoms with E-state index < -0.39 is 0 Å². The molecule has 1 fully saturated rings. The summed E-state index contributed by atoms with van der Waals surface area (Å²) in [7, 11) is 0. The first kappa shape index (κ1) is 15.8. The Hall–Kier alpha value is -1.56. The summed E-state index contributed by atoms with van der Waals surface area (Å²) < 4.78 is 5.59. The molecule has 0 aliphatic carbocycles. The normalized spacial score (nSPS) is 18.5. The van der Waals surface area contributed by atoms with E-state index in [1.807, 2.05) is 0 Å². The lowest BCUT2D eigenvalue weighted by Crippen LogP contribution is -2.37. The van der Waals surface area contributed by atoms with E-state index in [0.29, 0.717) is 24.2 Å². The molecular weight excluding hydrogens is 266 g/mol. The maximum absolute atomic E-state index is 6.19. The van der Waals surface area contributed by atoms with Crippen LogP contribution in [-0.2, 0) is 0 Å². The highest BCUT2D eigenvalue weighted by Gasteiger charge is 2.28. The lowest BCUT2D eigenvalue weighted by Gasteiger charge is -2.26. The molecule has 0 bridgehead atoms. The van der Waals surface area contributed by atoms with Gasteiger partial charge in [0.05, 0.1) is 6.61 Å². The fraction of sp³-hybridized carbons (Fsp3) is 0.733. The second kappa shape index (κ2) is 7.45. The van der Waals surface area contributed by atoms with Crippen molar-refractivity contribution in [3.8, 4) is 5.88 Å². The van der Waals surface area contributed by atoms with Gasteiger partial charge in [-0.3, -0.25) is 4.90 Å². The van der Waals surface area contributed by atoms with Gasteiger partial charge in [0.15, 0.2) is 5.82 Å². The van der Waals surface area contributed by atoms with Gasteiger partial charge in [-0.15, -0.1) is 0 Å². The van der Waals surface area contributed by atoms with Crippen LogP contribution in [0, 0.1) is 0 Å². The lowest BCUT2D eigenvalue weighted by molar-refractivity contribution is 0.232. The van der Waals surface area contributed by atoms with Crippen LogP contribution in [0.5, 0.6) is 5.88 Å². The van der Waals surface area contributed by atoms with Gasteiger partial charge < -0.3 is 15.4 Å². The Labute approximate surface area is 127 Å². The van der Waals surface area contributed by atoms with E-state index in [4.69, 9.17) is 10.5 Å². The van der Waals surface area contributed by atoms with E-state index in [1.165, 1.54) is 0 Å². The van der Waals surface area contributed by atoms with Gasteiger partial charge in [-0.25, -0.2) is 4.98 Å². The lowest BCUT2D eigenvalue weighted by atomic mass is 10.2. The van der Waals surface area contributed by atoms with Gasteiger partial charge in [-0.2, -0.15) is 4.98 Å². The molecule has 6 heteroatoms. The van der Waals surface area contributed by atoms with Crippen molar-refractivity contribution in [1.82, 2.24) is 14.9 Å². The van der Waals surface area contributed by atoms with E-state index in [2.05, 4.69) is 40.5 Å². The molecule has 118 valence electrons. The van der Waals surface area contributed by atoms with Crippen molar-refractivity contribution < 1.29 is 4.74 Å². The molecular formula is C15H27N5O. The summed E-state index contributed by atoms with van der Waals surface area (Å²) in [5.74, 6) is 1.32. The second-order valence-electron chi connectivity index (χ2n) is 5.37. The number of nitrogens with two attached hydrogens (primary N) is 1. The third-order valence-corrected chi connectivity index (χ3v) is 4.06. The average molecular weight is 293 g/mol. The van der Waals surface area contributed by atoms with E-state index in [9.17, 15) is 0 Å². The molecule has 2 heterocycles. The summed E-state index contributed by atoms with van der Waals surface area (Å²) in [5, 5.41) is 0. The Balaban J connectivity index is 2.09. The molecule has 1 atom stereocenters. The number of aromatic nitrogens is 2. The molecule has 1 aromatic rings. The fourth-order valence-electron chi connectivity index (χ4n) is 2.91. The van der Waals surface area contributed by atoms with Crippen molar-refractivity contribution in [1.29, 1.82) is 0 Å². The number of likely N-dealkylation sites (N-methyl/N-ethyl adjacent to an activating group) is 1. The predicted octanol–water partition coefficient (Wildman–Crippen LogP) is 1.77. The highest BCUT2D eigenvalue weighted by molar-refractivity contribution is 5.68. The zero-order chi connectivity index (χ0) is 15.2. The van der Waals surface area contributed by atoms with E-state index in [1.54, 1.807) is 6.33 Å². The van der Waals surface area contributed by atoms with Crippen LogP contribution >= 0.6 is 0 Å². The molecule has 2 N–H and O–H groups in total. The number of anilines is 2. The number of rotatable bonds is 7. The summed E-state index contributed by atoms with van der Waals surface area (Å²) in [5.41, 5.74) is 6.75. The molecule has 0 spiro atoms. The van der Waals surface area contributed by atoms with Crippen LogP contribution in [0.15, 0.2) is 6.33 Å². The van der Waals surface area contributed by atoms with Gasteiger partial charge >= 0.3 is 0 Å². The van der Waals surface area contributed by atoms with Gasteiger partial charge in [0, 0.05) is 19.1 Å². The van der Waals surface area contributed by atoms with Crippen LogP contribution in [0.25, 0.3) is 0 Å². The van der Waals surface area contributed by atoms with E-state index in [-0.39, 0.29) is 0 Å². The van der Waals surface area contributed by atoms with Crippen molar-refractivity contribution >= 4 is 11.5 Å². The first-order valence-electron chi connectivity index (χ1n) is 7.93. The molecule has 21 heavy (non-hydrogen) atoms. The Morgan fingerprint density at radius 1 is 1.33 bits per heavy atom. The zero-order valence-electron chi connectivity index (χ0n) is 13.4. The highest BCUT2D eigenvalue weighted by atomic mass is 16.5. The maximum Gasteiger partial charge on any atom is 0.242 e. The summed E-state index contributed by atoms with van der Waals surface area (Å²) in [6.07, 6.45) is 3.63. The summed E-state index contributed by atoms with van der Waals surface area (Å²) in [6.45, 7) is 11.2. The number of nitrogens with zero attached hydrogens (tertiary/aromatic N) is 4. The monoisotopic (exact) mass is 293 g/mol. The minimum Gasteiger partial charge on any atom is -0.476 e. The quantitative estimate of drug-likeness (QED) is 0.826. The molecule has 1 aliphatic rings. The molecule has 6 nitrogen and oxygen atoms in total. The summed E-state index contributed by atoms with van der Waals surface area (Å²) in [4.78, 5) is 13.2. The first-order valence-corrected chi connectivity index (χ1v) is 7.93. The molecule has 1 unspecified atom stereocenters. The van der Waals surface area contributed by atoms with Gasteiger partial charge in [0.1, 0.15) is 12.0 Å². The highest BCUT2D eigenvalue weighted by Crippen LogP contribution is 2.31.